The monoisotopic (exact) mass is 1030 g/mol. The number of nitrogens with one attached hydrogen (secondary N) is 6. The van der Waals surface area contributed by atoms with E-state index in [1.807, 2.05) is 32.9 Å². The van der Waals surface area contributed by atoms with Crippen molar-refractivity contribution in [3.8, 4) is 0 Å². The highest BCUT2D eigenvalue weighted by atomic mass is 16.7. The number of ketones is 2. The normalized spacial score (nSPS) is 29.0. The molecule has 0 aromatic heterocycles. The van der Waals surface area contributed by atoms with E-state index in [1.165, 1.54) is 0 Å². The predicted molar refractivity (Wildman–Crippen MR) is 270 cm³/mol. The SMILES string of the molecule is C=CCCCCCC(CC)OC(C=O)CN[C@@H](CCCCN)C(=O)NCC(=O)NCC(=O)NCC(=O)NCC(=O)NCOCC(=O)[C@@]12OC(CCC)O[C@@H]1C[C@H]1[C@@H]3CCC4=CC(=O)C=C[C@]4(C)[C@H]3[C@@H](O)C[C@@]12C. The zero-order valence-electron chi connectivity index (χ0n) is 43.5. The maximum absolute atomic E-state index is 14.4. The van der Waals surface area contributed by atoms with E-state index >= 15 is 0 Å². The second kappa shape index (κ2) is 28.3. The van der Waals surface area contributed by atoms with E-state index in [2.05, 4.69) is 45.4 Å². The third-order valence-electron chi connectivity index (χ3n) is 15.8. The van der Waals surface area contributed by atoms with Gasteiger partial charge in [0.1, 0.15) is 25.7 Å². The van der Waals surface area contributed by atoms with Crippen molar-refractivity contribution in [2.24, 2.45) is 34.3 Å². The number of nitrogens with two attached hydrogens (primary N) is 1. The van der Waals surface area contributed by atoms with Crippen LogP contribution in [0.3, 0.4) is 0 Å². The van der Waals surface area contributed by atoms with Gasteiger partial charge in [0.2, 0.25) is 29.5 Å². The maximum atomic E-state index is 14.4. The first-order valence-electron chi connectivity index (χ1n) is 26.6. The minimum atomic E-state index is -1.38. The molecule has 20 nitrogen and oxygen atoms in total. The van der Waals surface area contributed by atoms with Gasteiger partial charge in [-0.15, -0.1) is 6.58 Å². The molecule has 4 fully saturated rings. The van der Waals surface area contributed by atoms with Crippen molar-refractivity contribution < 1.29 is 62.4 Å². The molecule has 408 valence electrons. The van der Waals surface area contributed by atoms with Crippen LogP contribution >= 0.6 is 0 Å². The number of rotatable bonds is 33. The Hall–Kier alpha value is -4.70. The van der Waals surface area contributed by atoms with Gasteiger partial charge < -0.3 is 66.5 Å². The van der Waals surface area contributed by atoms with Crippen LogP contribution in [-0.4, -0.2) is 147 Å². The van der Waals surface area contributed by atoms with Gasteiger partial charge in [-0.05, 0) is 101 Å². The smallest absolute Gasteiger partial charge is 0.241 e. The summed E-state index contributed by atoms with van der Waals surface area (Å²) in [7, 11) is 0. The first kappa shape index (κ1) is 59.2. The molecule has 5 rings (SSSR count). The van der Waals surface area contributed by atoms with Crippen LogP contribution in [-0.2, 0) is 57.3 Å². The molecular weight excluding hydrogens is 943 g/mol. The first-order valence-corrected chi connectivity index (χ1v) is 26.6. The van der Waals surface area contributed by atoms with Crippen molar-refractivity contribution >= 4 is 47.4 Å². The second-order valence-corrected chi connectivity index (χ2v) is 20.7. The lowest BCUT2D eigenvalue weighted by Crippen LogP contribution is -2.63. The number of Topliss-reactive ketones (excluding diaryl/α,β-unsaturated/α-hetero) is 1. The van der Waals surface area contributed by atoms with Crippen LogP contribution in [0.4, 0.5) is 0 Å². The van der Waals surface area contributed by atoms with Gasteiger partial charge in [-0.2, -0.15) is 0 Å². The fourth-order valence-corrected chi connectivity index (χ4v) is 12.1. The number of ether oxygens (including phenoxy) is 4. The Balaban J connectivity index is 0.995. The van der Waals surface area contributed by atoms with E-state index < -0.39 is 109 Å². The lowest BCUT2D eigenvalue weighted by Gasteiger charge is -2.59. The molecule has 0 radical (unpaired) electrons. The van der Waals surface area contributed by atoms with E-state index in [9.17, 15) is 43.5 Å². The molecule has 0 aromatic carbocycles. The van der Waals surface area contributed by atoms with Crippen molar-refractivity contribution in [3.05, 3.63) is 36.5 Å². The summed E-state index contributed by atoms with van der Waals surface area (Å²) in [6.45, 7) is 9.81. The topological polar surface area (TPSA) is 292 Å². The molecule has 3 saturated carbocycles. The molecule has 1 aliphatic heterocycles. The number of amides is 5. The van der Waals surface area contributed by atoms with E-state index in [4.69, 9.17) is 24.7 Å². The Kier molecular flexibility index (Phi) is 22.9. The average Bonchev–Trinajstić information content (AvgIpc) is 3.86. The molecule has 5 aliphatic rings. The van der Waals surface area contributed by atoms with Crippen molar-refractivity contribution in [1.82, 2.24) is 31.9 Å². The average molecular weight is 1030 g/mol. The van der Waals surface area contributed by atoms with Crippen LogP contribution in [0.5, 0.6) is 0 Å². The van der Waals surface area contributed by atoms with Gasteiger partial charge in [-0.1, -0.05) is 71.1 Å². The summed E-state index contributed by atoms with van der Waals surface area (Å²) in [6, 6.07) is -0.729. The predicted octanol–water partition coefficient (Wildman–Crippen LogP) is 1.87. The summed E-state index contributed by atoms with van der Waals surface area (Å²) >= 11 is 0. The number of aliphatic hydroxyl groups is 1. The quantitative estimate of drug-likeness (QED) is 0.0202. The zero-order valence-corrected chi connectivity index (χ0v) is 43.5. The molecule has 5 amide bonds. The molecule has 0 aromatic rings. The summed E-state index contributed by atoms with van der Waals surface area (Å²) in [5.41, 5.74) is 4.05. The summed E-state index contributed by atoms with van der Waals surface area (Å²) in [6.07, 6.45) is 16.1. The highest BCUT2D eigenvalue weighted by Crippen LogP contribution is 2.69. The van der Waals surface area contributed by atoms with Crippen molar-refractivity contribution in [2.45, 2.75) is 166 Å². The fourth-order valence-electron chi connectivity index (χ4n) is 12.1. The largest absolute Gasteiger partial charge is 0.393 e. The minimum Gasteiger partial charge on any atom is -0.393 e. The highest BCUT2D eigenvalue weighted by Gasteiger charge is 2.75. The Morgan fingerprint density at radius 3 is 2.25 bits per heavy atom. The number of hydrogen-bond acceptors (Lipinski definition) is 15. The number of carbonyl (C=O) groups is 8. The van der Waals surface area contributed by atoms with Gasteiger partial charge in [0.15, 0.2) is 23.5 Å². The molecule has 1 saturated heterocycles. The number of aldehydes is 1. The van der Waals surface area contributed by atoms with E-state index in [1.54, 1.807) is 12.2 Å². The molecule has 12 atom stereocenters. The van der Waals surface area contributed by atoms with Gasteiger partial charge in [-0.25, -0.2) is 0 Å². The summed E-state index contributed by atoms with van der Waals surface area (Å²) in [5, 5.41) is 27.3. The Bertz CT molecular complexity index is 2020. The van der Waals surface area contributed by atoms with E-state index in [0.717, 1.165) is 69.6 Å². The van der Waals surface area contributed by atoms with Crippen LogP contribution in [0.15, 0.2) is 36.5 Å². The third-order valence-corrected chi connectivity index (χ3v) is 15.8. The second-order valence-electron chi connectivity index (χ2n) is 20.7. The Morgan fingerprint density at radius 2 is 1.60 bits per heavy atom. The van der Waals surface area contributed by atoms with E-state index in [0.29, 0.717) is 45.1 Å². The molecule has 3 unspecified atom stereocenters. The molecule has 20 heteroatoms. The van der Waals surface area contributed by atoms with Gasteiger partial charge >= 0.3 is 0 Å². The van der Waals surface area contributed by atoms with Crippen molar-refractivity contribution in [2.75, 3.05) is 52.6 Å². The molecule has 0 bridgehead atoms. The molecule has 0 spiro atoms. The van der Waals surface area contributed by atoms with Gasteiger partial charge in [0.05, 0.1) is 50.5 Å². The summed E-state index contributed by atoms with van der Waals surface area (Å²) in [4.78, 5) is 102. The Morgan fingerprint density at radius 1 is 0.932 bits per heavy atom. The number of carbonyl (C=O) groups excluding carboxylic acids is 8. The number of hydrogen-bond donors (Lipinski definition) is 8. The van der Waals surface area contributed by atoms with Crippen LogP contribution in [0.25, 0.3) is 0 Å². The lowest BCUT2D eigenvalue weighted by molar-refractivity contribution is -0.201. The third kappa shape index (κ3) is 15.0. The van der Waals surface area contributed by atoms with Crippen molar-refractivity contribution in [1.29, 1.82) is 0 Å². The molecule has 4 aliphatic carbocycles. The van der Waals surface area contributed by atoms with Gasteiger partial charge in [-0.3, -0.25) is 33.6 Å². The standard InChI is InChI=1S/C53H83N7O13/c1-6-9-10-11-12-16-36(8-3)71-37(31-61)26-55-40(17-13-14-22-54)50(69)59-30-46(67)57-28-44(65)56-27-45(66)58-29-47(68)60-33-70-32-42(64)53-43(72-48(73-53)15-7-2)24-39-38-19-18-34-23-35(62)20-21-51(34,4)49(38)41(63)25-52(39,53)5/h6,20-21,23,31,36-41,43,48-49,55,63H,1,7-19,22,24-30,32-33,54H2,2-5H3,(H,56,65)(H,57,67)(H,58,66)(H,59,69)(H,60,68)/t36?,37?,38-,39-,40-,41-,43+,48?,49+,51-,52-,53+/m0/s1. The number of fused-ring (bicyclic) bond motifs is 7. The number of unbranched alkanes of at least 4 members (excludes halogenated alkanes) is 4. The van der Waals surface area contributed by atoms with Crippen LogP contribution in [0, 0.1) is 28.6 Å². The zero-order chi connectivity index (χ0) is 53.2. The lowest BCUT2D eigenvalue weighted by atomic mass is 9.46. The number of aliphatic hydroxyl groups excluding tert-OH is 1. The highest BCUT2D eigenvalue weighted by molar-refractivity contribution is 6.01. The molecule has 1 heterocycles. The van der Waals surface area contributed by atoms with E-state index in [-0.39, 0.29) is 48.7 Å². The Labute approximate surface area is 430 Å². The minimum absolute atomic E-state index is 0.00451. The van der Waals surface area contributed by atoms with Crippen molar-refractivity contribution in [3.63, 3.8) is 0 Å². The van der Waals surface area contributed by atoms with Crippen LogP contribution < -0.4 is 37.6 Å². The summed E-state index contributed by atoms with van der Waals surface area (Å²) < 4.78 is 24.9. The first-order chi connectivity index (χ1) is 35.0. The maximum Gasteiger partial charge on any atom is 0.241 e. The molecule has 73 heavy (non-hydrogen) atoms. The summed E-state index contributed by atoms with van der Waals surface area (Å²) in [5.74, 6) is -3.58. The van der Waals surface area contributed by atoms with Crippen LogP contribution in [0.2, 0.25) is 0 Å². The van der Waals surface area contributed by atoms with Crippen LogP contribution in [0.1, 0.15) is 124 Å². The fraction of sp³-hybridized carbons (Fsp3) is 0.736. The number of allylic oxidation sites excluding steroid dienone is 5. The molecule has 9 N–H and O–H groups in total. The van der Waals surface area contributed by atoms with Gasteiger partial charge in [0, 0.05) is 23.3 Å². The van der Waals surface area contributed by atoms with Gasteiger partial charge in [0.25, 0.3) is 0 Å². The molecular formula is C53H83N7O13.